The standard InChI is InChI=1S/C15H24O2/c1-5-13(2)10-8-11-14(3)9-6-7-12-15(16)17-4/h5,8-10H,6-7,11-12H2,1-4H3/b10-8+,13-5+,14-9-. The van der Waals surface area contributed by atoms with Crippen molar-refractivity contribution in [3.8, 4) is 0 Å². The molecule has 96 valence electrons. The Bertz CT molecular complexity index is 309. The Morgan fingerprint density at radius 3 is 2.59 bits per heavy atom. The number of methoxy groups -OCH3 is 1. The molecule has 0 aliphatic rings. The predicted octanol–water partition coefficient (Wildman–Crippen LogP) is 4.19. The summed E-state index contributed by atoms with van der Waals surface area (Å²) < 4.78 is 4.58. The third-order valence-electron chi connectivity index (χ3n) is 2.58. The molecular formula is C15H24O2. The average molecular weight is 236 g/mol. The minimum atomic E-state index is -0.125. The molecule has 0 N–H and O–H groups in total. The number of allylic oxidation sites excluding steroid dienone is 6. The smallest absolute Gasteiger partial charge is 0.305 e. The van der Waals surface area contributed by atoms with Crippen LogP contribution in [0.1, 0.15) is 46.5 Å². The molecule has 0 fully saturated rings. The molecule has 0 heterocycles. The largest absolute Gasteiger partial charge is 0.469 e. The summed E-state index contributed by atoms with van der Waals surface area (Å²) in [6.07, 6.45) is 11.9. The molecule has 0 unspecified atom stereocenters. The highest BCUT2D eigenvalue weighted by molar-refractivity contribution is 5.69. The van der Waals surface area contributed by atoms with Gasteiger partial charge in [0.25, 0.3) is 0 Å². The lowest BCUT2D eigenvalue weighted by Gasteiger charge is -1.98. The number of ether oxygens (including phenoxy) is 1. The van der Waals surface area contributed by atoms with E-state index in [1.807, 2.05) is 6.92 Å². The molecule has 0 radical (unpaired) electrons. The first-order chi connectivity index (χ1) is 8.10. The molecule has 0 bridgehead atoms. The first-order valence-electron chi connectivity index (χ1n) is 6.12. The average Bonchev–Trinajstić information content (AvgIpc) is 2.33. The highest BCUT2D eigenvalue weighted by atomic mass is 16.5. The molecule has 2 heteroatoms. The minimum Gasteiger partial charge on any atom is -0.469 e. The first kappa shape index (κ1) is 15.7. The maximum Gasteiger partial charge on any atom is 0.305 e. The van der Waals surface area contributed by atoms with Crippen LogP contribution < -0.4 is 0 Å². The molecule has 0 aromatic rings. The second-order valence-corrected chi connectivity index (χ2v) is 4.16. The van der Waals surface area contributed by atoms with Crippen molar-refractivity contribution in [3.63, 3.8) is 0 Å². The van der Waals surface area contributed by atoms with Gasteiger partial charge in [0.2, 0.25) is 0 Å². The van der Waals surface area contributed by atoms with E-state index in [1.54, 1.807) is 0 Å². The molecule has 0 aliphatic heterocycles. The predicted molar refractivity (Wildman–Crippen MR) is 72.8 cm³/mol. The quantitative estimate of drug-likeness (QED) is 0.287. The van der Waals surface area contributed by atoms with E-state index in [2.05, 4.69) is 42.9 Å². The summed E-state index contributed by atoms with van der Waals surface area (Å²) in [6.45, 7) is 6.24. The van der Waals surface area contributed by atoms with Crippen LogP contribution in [-0.2, 0) is 9.53 Å². The molecular weight excluding hydrogens is 212 g/mol. The molecule has 17 heavy (non-hydrogen) atoms. The van der Waals surface area contributed by atoms with Crippen LogP contribution in [0.4, 0.5) is 0 Å². The van der Waals surface area contributed by atoms with Gasteiger partial charge in [-0.1, -0.05) is 35.5 Å². The van der Waals surface area contributed by atoms with E-state index in [0.717, 1.165) is 19.3 Å². The van der Waals surface area contributed by atoms with Crippen LogP contribution in [-0.4, -0.2) is 13.1 Å². The van der Waals surface area contributed by atoms with Crippen LogP contribution in [0.15, 0.2) is 35.5 Å². The van der Waals surface area contributed by atoms with Gasteiger partial charge in [-0.2, -0.15) is 0 Å². The van der Waals surface area contributed by atoms with Gasteiger partial charge in [0.05, 0.1) is 7.11 Å². The second-order valence-electron chi connectivity index (χ2n) is 4.16. The van der Waals surface area contributed by atoms with Gasteiger partial charge < -0.3 is 4.74 Å². The van der Waals surface area contributed by atoms with Gasteiger partial charge in [-0.05, 0) is 40.0 Å². The number of carbonyl (C=O) groups is 1. The van der Waals surface area contributed by atoms with Gasteiger partial charge in [0.1, 0.15) is 0 Å². The van der Waals surface area contributed by atoms with Crippen molar-refractivity contribution in [1.29, 1.82) is 0 Å². The lowest BCUT2D eigenvalue weighted by atomic mass is 10.1. The molecule has 0 aromatic heterocycles. The fourth-order valence-corrected chi connectivity index (χ4v) is 1.31. The van der Waals surface area contributed by atoms with Crippen LogP contribution in [0.5, 0.6) is 0 Å². The lowest BCUT2D eigenvalue weighted by Crippen LogP contribution is -1.98. The van der Waals surface area contributed by atoms with Crippen LogP contribution in [0.25, 0.3) is 0 Å². The Morgan fingerprint density at radius 1 is 1.29 bits per heavy atom. The van der Waals surface area contributed by atoms with Gasteiger partial charge in [0, 0.05) is 6.42 Å². The van der Waals surface area contributed by atoms with Gasteiger partial charge in [-0.3, -0.25) is 4.79 Å². The van der Waals surface area contributed by atoms with Crippen LogP contribution >= 0.6 is 0 Å². The van der Waals surface area contributed by atoms with E-state index >= 15 is 0 Å². The molecule has 0 aromatic carbocycles. The molecule has 0 spiro atoms. The monoisotopic (exact) mass is 236 g/mol. The van der Waals surface area contributed by atoms with Crippen molar-refractivity contribution in [1.82, 2.24) is 0 Å². The zero-order valence-electron chi connectivity index (χ0n) is 11.5. The van der Waals surface area contributed by atoms with Gasteiger partial charge in [-0.15, -0.1) is 0 Å². The van der Waals surface area contributed by atoms with Crippen LogP contribution in [0.2, 0.25) is 0 Å². The summed E-state index contributed by atoms with van der Waals surface area (Å²) in [5.41, 5.74) is 2.62. The SMILES string of the molecule is C/C=C(C)/C=C/C/C(C)=C\CCCC(=O)OC. The van der Waals surface area contributed by atoms with Crippen LogP contribution in [0, 0.1) is 0 Å². The van der Waals surface area contributed by atoms with Crippen molar-refractivity contribution < 1.29 is 9.53 Å². The van der Waals surface area contributed by atoms with Crippen molar-refractivity contribution >= 4 is 5.97 Å². The Morgan fingerprint density at radius 2 is 2.00 bits per heavy atom. The summed E-state index contributed by atoms with van der Waals surface area (Å²) in [5, 5.41) is 0. The Labute approximate surface area is 105 Å². The van der Waals surface area contributed by atoms with E-state index < -0.39 is 0 Å². The maximum atomic E-state index is 10.9. The topological polar surface area (TPSA) is 26.3 Å². The number of carbonyl (C=O) groups excluding carboxylic acids is 1. The van der Waals surface area contributed by atoms with E-state index in [1.165, 1.54) is 18.3 Å². The second kappa shape index (κ2) is 9.88. The zero-order valence-corrected chi connectivity index (χ0v) is 11.5. The zero-order chi connectivity index (χ0) is 13.1. The van der Waals surface area contributed by atoms with E-state index in [9.17, 15) is 4.79 Å². The maximum absolute atomic E-state index is 10.9. The summed E-state index contributed by atoms with van der Waals surface area (Å²) in [4.78, 5) is 10.9. The minimum absolute atomic E-state index is 0.125. The van der Waals surface area contributed by atoms with Gasteiger partial charge in [-0.25, -0.2) is 0 Å². The number of rotatable bonds is 7. The van der Waals surface area contributed by atoms with Crippen molar-refractivity contribution in [3.05, 3.63) is 35.5 Å². The third kappa shape index (κ3) is 9.61. The fourth-order valence-electron chi connectivity index (χ4n) is 1.31. The highest BCUT2D eigenvalue weighted by Gasteiger charge is 1.97. The summed E-state index contributed by atoms with van der Waals surface area (Å²) in [6, 6.07) is 0. The number of unbranched alkanes of at least 4 members (excludes halogenated alkanes) is 1. The Kier molecular flexibility index (Phi) is 9.12. The van der Waals surface area contributed by atoms with E-state index in [4.69, 9.17) is 0 Å². The molecule has 0 atom stereocenters. The molecule has 0 saturated carbocycles. The fraction of sp³-hybridized carbons (Fsp3) is 0.533. The van der Waals surface area contributed by atoms with Gasteiger partial charge in [0.15, 0.2) is 0 Å². The van der Waals surface area contributed by atoms with E-state index in [-0.39, 0.29) is 5.97 Å². The molecule has 2 nitrogen and oxygen atoms in total. The van der Waals surface area contributed by atoms with Crippen molar-refractivity contribution in [2.45, 2.75) is 46.5 Å². The summed E-state index contributed by atoms with van der Waals surface area (Å²) in [5.74, 6) is -0.125. The van der Waals surface area contributed by atoms with Crippen molar-refractivity contribution in [2.75, 3.05) is 7.11 Å². The number of esters is 1. The lowest BCUT2D eigenvalue weighted by molar-refractivity contribution is -0.140. The highest BCUT2D eigenvalue weighted by Crippen LogP contribution is 2.07. The van der Waals surface area contributed by atoms with Crippen LogP contribution in [0.3, 0.4) is 0 Å². The Hall–Kier alpha value is -1.31. The van der Waals surface area contributed by atoms with Gasteiger partial charge >= 0.3 is 5.97 Å². The normalized spacial score (nSPS) is 13.2. The first-order valence-corrected chi connectivity index (χ1v) is 6.12. The number of hydrogen-bond donors (Lipinski definition) is 0. The Balaban J connectivity index is 3.79. The molecule has 0 aliphatic carbocycles. The summed E-state index contributed by atoms with van der Waals surface area (Å²) in [7, 11) is 1.43. The van der Waals surface area contributed by atoms with Crippen molar-refractivity contribution in [2.24, 2.45) is 0 Å². The summed E-state index contributed by atoms with van der Waals surface area (Å²) >= 11 is 0. The number of hydrogen-bond acceptors (Lipinski definition) is 2. The van der Waals surface area contributed by atoms with E-state index in [0.29, 0.717) is 6.42 Å². The molecule has 0 saturated heterocycles. The molecule has 0 amide bonds. The molecule has 0 rings (SSSR count). The third-order valence-corrected chi connectivity index (χ3v) is 2.58.